The van der Waals surface area contributed by atoms with Crippen LogP contribution in [0.3, 0.4) is 0 Å². The molecule has 138 valence electrons. The topological polar surface area (TPSA) is 36.9 Å². The van der Waals surface area contributed by atoms with E-state index in [-0.39, 0.29) is 22.2 Å². The molecule has 2 rings (SSSR count). The van der Waals surface area contributed by atoms with Crippen LogP contribution in [0.25, 0.3) is 0 Å². The Balaban J connectivity index is 2.19. The molecule has 0 spiro atoms. The monoisotopic (exact) mass is 338 g/mol. The van der Waals surface area contributed by atoms with E-state index in [1.54, 1.807) is 0 Å². The van der Waals surface area contributed by atoms with Crippen molar-refractivity contribution in [2.24, 2.45) is 5.41 Å². The molecule has 0 aliphatic carbocycles. The summed E-state index contributed by atoms with van der Waals surface area (Å²) < 4.78 is 25.0. The van der Waals surface area contributed by atoms with E-state index in [2.05, 4.69) is 69.2 Å². The maximum Gasteiger partial charge on any atom is 0.488 e. The molecule has 2 fully saturated rings. The average molecular weight is 338 g/mol. The van der Waals surface area contributed by atoms with Crippen molar-refractivity contribution in [2.75, 3.05) is 0 Å². The first-order valence-electron chi connectivity index (χ1n) is 9.42. The molecule has 0 bridgehead atoms. The third kappa shape index (κ3) is 3.32. The molecule has 0 aromatic carbocycles. The molecule has 2 aliphatic heterocycles. The summed E-state index contributed by atoms with van der Waals surface area (Å²) in [5, 5.41) is 0. The average Bonchev–Trinajstić information content (AvgIpc) is 2.80. The van der Waals surface area contributed by atoms with Crippen molar-refractivity contribution in [1.82, 2.24) is 0 Å². The van der Waals surface area contributed by atoms with Gasteiger partial charge in [-0.2, -0.15) is 0 Å². The predicted molar refractivity (Wildman–Crippen MR) is 99.8 cm³/mol. The summed E-state index contributed by atoms with van der Waals surface area (Å²) in [5.74, 6) is 0. The molecular formula is C18H36B2O4. The molecule has 24 heavy (non-hydrogen) atoms. The maximum absolute atomic E-state index is 6.46. The fourth-order valence-electron chi connectivity index (χ4n) is 3.52. The van der Waals surface area contributed by atoms with Crippen LogP contribution in [-0.4, -0.2) is 36.4 Å². The number of rotatable bonds is 5. The smallest absolute Gasteiger partial charge is 0.405 e. The van der Waals surface area contributed by atoms with Crippen LogP contribution < -0.4 is 0 Å². The standard InChI is InChI=1S/C18H36B2O4/c1-11-17(9,12-2)13-18(10)16(7,8)23-20(24-18)19-21-14(3,4)15(5,6)22-19/h11-13H2,1-10H3. The molecule has 0 N–H and O–H groups in total. The molecule has 1 unspecified atom stereocenters. The minimum absolute atomic E-state index is 0.236. The van der Waals surface area contributed by atoms with Gasteiger partial charge in [0.1, 0.15) is 0 Å². The molecule has 0 aromatic heterocycles. The van der Waals surface area contributed by atoms with Gasteiger partial charge in [0.15, 0.2) is 0 Å². The van der Waals surface area contributed by atoms with E-state index in [1.165, 1.54) is 0 Å². The van der Waals surface area contributed by atoms with Crippen molar-refractivity contribution < 1.29 is 18.6 Å². The third-order valence-corrected chi connectivity index (χ3v) is 7.03. The lowest BCUT2D eigenvalue weighted by atomic mass is 9.49. The van der Waals surface area contributed by atoms with Crippen LogP contribution in [0.15, 0.2) is 0 Å². The van der Waals surface area contributed by atoms with E-state index in [0.29, 0.717) is 0 Å². The molecule has 0 saturated carbocycles. The van der Waals surface area contributed by atoms with Crippen molar-refractivity contribution in [3.63, 3.8) is 0 Å². The van der Waals surface area contributed by atoms with Gasteiger partial charge in [-0.3, -0.25) is 0 Å². The largest absolute Gasteiger partial charge is 0.488 e. The highest BCUT2D eigenvalue weighted by Crippen LogP contribution is 2.48. The summed E-state index contributed by atoms with van der Waals surface area (Å²) in [6.45, 7) is 21.4. The van der Waals surface area contributed by atoms with Crippen molar-refractivity contribution in [3.05, 3.63) is 0 Å². The Kier molecular flexibility index (Phi) is 5.07. The van der Waals surface area contributed by atoms with Crippen molar-refractivity contribution in [3.8, 4) is 0 Å². The first kappa shape index (κ1) is 20.3. The molecule has 2 saturated heterocycles. The van der Waals surface area contributed by atoms with E-state index >= 15 is 0 Å². The van der Waals surface area contributed by atoms with Crippen molar-refractivity contribution >= 4 is 14.0 Å². The van der Waals surface area contributed by atoms with Crippen LogP contribution in [-0.2, 0) is 18.6 Å². The van der Waals surface area contributed by atoms with E-state index in [9.17, 15) is 0 Å². The summed E-state index contributed by atoms with van der Waals surface area (Å²) >= 11 is 0. The van der Waals surface area contributed by atoms with Crippen LogP contribution >= 0.6 is 0 Å². The predicted octanol–water partition coefficient (Wildman–Crippen LogP) is 4.45. The van der Waals surface area contributed by atoms with E-state index in [0.717, 1.165) is 19.3 Å². The summed E-state index contributed by atoms with van der Waals surface area (Å²) in [4.78, 5) is 0. The van der Waals surface area contributed by atoms with E-state index < -0.39 is 19.6 Å². The Hall–Kier alpha value is -0.0301. The highest BCUT2D eigenvalue weighted by molar-refractivity contribution is 7.11. The summed E-state index contributed by atoms with van der Waals surface area (Å²) in [7, 11) is -0.991. The summed E-state index contributed by atoms with van der Waals surface area (Å²) in [6.07, 6.45) is 3.20. The number of hydrogen-bond donors (Lipinski definition) is 0. The molecular weight excluding hydrogens is 302 g/mol. The molecule has 0 aromatic rings. The van der Waals surface area contributed by atoms with Gasteiger partial charge in [-0.25, -0.2) is 0 Å². The third-order valence-electron chi connectivity index (χ3n) is 7.03. The lowest BCUT2D eigenvalue weighted by molar-refractivity contribution is -0.0442. The van der Waals surface area contributed by atoms with Gasteiger partial charge >= 0.3 is 14.0 Å². The molecule has 2 aliphatic rings. The van der Waals surface area contributed by atoms with Gasteiger partial charge in [0.05, 0.1) is 22.4 Å². The Morgan fingerprint density at radius 1 is 0.667 bits per heavy atom. The Labute approximate surface area is 149 Å². The fourth-order valence-corrected chi connectivity index (χ4v) is 3.52. The van der Waals surface area contributed by atoms with E-state index in [1.807, 2.05) is 0 Å². The summed E-state index contributed by atoms with van der Waals surface area (Å²) in [5.41, 5.74) is -1.29. The van der Waals surface area contributed by atoms with E-state index in [4.69, 9.17) is 18.6 Å². The number of hydrogen-bond acceptors (Lipinski definition) is 4. The highest BCUT2D eigenvalue weighted by Gasteiger charge is 2.65. The summed E-state index contributed by atoms with van der Waals surface area (Å²) in [6, 6.07) is 0. The second-order valence-corrected chi connectivity index (χ2v) is 9.66. The zero-order valence-electron chi connectivity index (χ0n) is 17.4. The van der Waals surface area contributed by atoms with Crippen molar-refractivity contribution in [1.29, 1.82) is 0 Å². The molecule has 1 atom stereocenters. The quantitative estimate of drug-likeness (QED) is 0.694. The highest BCUT2D eigenvalue weighted by atomic mass is 16.7. The first-order valence-corrected chi connectivity index (χ1v) is 9.42. The minimum Gasteiger partial charge on any atom is -0.405 e. The lowest BCUT2D eigenvalue weighted by Gasteiger charge is -2.43. The first-order chi connectivity index (χ1) is 10.7. The Bertz CT molecular complexity index is 458. The molecule has 6 heteroatoms. The van der Waals surface area contributed by atoms with Crippen molar-refractivity contribution in [2.45, 2.75) is 111 Å². The lowest BCUT2D eigenvalue weighted by Crippen LogP contribution is -2.48. The van der Waals surface area contributed by atoms with Gasteiger partial charge < -0.3 is 18.6 Å². The zero-order valence-corrected chi connectivity index (χ0v) is 17.4. The van der Waals surface area contributed by atoms with Gasteiger partial charge in [0.25, 0.3) is 0 Å². The van der Waals surface area contributed by atoms with Crippen LogP contribution in [0, 0.1) is 5.41 Å². The van der Waals surface area contributed by atoms with Crippen LogP contribution in [0.5, 0.6) is 0 Å². The Morgan fingerprint density at radius 2 is 1.04 bits per heavy atom. The Morgan fingerprint density at radius 3 is 1.46 bits per heavy atom. The van der Waals surface area contributed by atoms with Gasteiger partial charge in [0.2, 0.25) is 0 Å². The van der Waals surface area contributed by atoms with Gasteiger partial charge in [-0.05, 0) is 60.3 Å². The SMILES string of the molecule is CCC(C)(CC)CC1(C)OB(B2OC(C)(C)C(C)(C)O2)OC1(C)C. The maximum atomic E-state index is 6.46. The molecule has 0 radical (unpaired) electrons. The fraction of sp³-hybridized carbons (Fsp3) is 1.00. The molecule has 0 amide bonds. The zero-order chi connectivity index (χ0) is 18.6. The van der Waals surface area contributed by atoms with Crippen LogP contribution in [0.4, 0.5) is 0 Å². The second-order valence-electron chi connectivity index (χ2n) is 9.66. The second kappa shape index (κ2) is 6.00. The minimum atomic E-state index is -0.496. The molecule has 2 heterocycles. The van der Waals surface area contributed by atoms with Gasteiger partial charge in [-0.15, -0.1) is 0 Å². The normalized spacial score (nSPS) is 31.8. The molecule has 4 nitrogen and oxygen atoms in total. The van der Waals surface area contributed by atoms with Gasteiger partial charge in [0, 0.05) is 0 Å². The van der Waals surface area contributed by atoms with Crippen LogP contribution in [0.2, 0.25) is 0 Å². The van der Waals surface area contributed by atoms with Crippen LogP contribution in [0.1, 0.15) is 88.5 Å². The van der Waals surface area contributed by atoms with Gasteiger partial charge in [-0.1, -0.05) is 33.6 Å².